The average Bonchev–Trinajstić information content (AvgIpc) is 3.50. The van der Waals surface area contributed by atoms with Gasteiger partial charge in [0.15, 0.2) is 0 Å². The Hall–Kier alpha value is -3.78. The van der Waals surface area contributed by atoms with Crippen molar-refractivity contribution in [2.45, 2.75) is 77.4 Å². The summed E-state index contributed by atoms with van der Waals surface area (Å²) in [4.78, 5) is 31.6. The number of halogens is 3. The SMILES string of the molecule is CC1(C)CC1.O=C(NCCN1CCOCC1)c1c(COCC2CN(C(=O)c3cnn(Cc4ccc(F)cc4)c3)CC23CNC3)cccc1C1CCC(F)(F)CC1. The van der Waals surface area contributed by atoms with E-state index in [0.717, 1.165) is 48.3 Å². The summed E-state index contributed by atoms with van der Waals surface area (Å²) in [7, 11) is 0. The normalized spacial score (nSPS) is 22.6. The Bertz CT molecular complexity index is 1790. The molecule has 1 aromatic heterocycles. The summed E-state index contributed by atoms with van der Waals surface area (Å²) in [5.41, 5.74) is 4.13. The van der Waals surface area contributed by atoms with Crippen molar-refractivity contribution in [2.75, 3.05) is 72.2 Å². The van der Waals surface area contributed by atoms with Gasteiger partial charge >= 0.3 is 0 Å². The Kier molecular flexibility index (Phi) is 12.5. The highest BCUT2D eigenvalue weighted by Gasteiger charge is 2.52. The number of carbonyl (C=O) groups is 2. The molecule has 2 aliphatic carbocycles. The Morgan fingerprint density at radius 1 is 1.02 bits per heavy atom. The molecule has 2 amide bonds. The van der Waals surface area contributed by atoms with Gasteiger partial charge in [0, 0.05) is 88.3 Å². The highest BCUT2D eigenvalue weighted by molar-refractivity contribution is 5.97. The zero-order valence-corrected chi connectivity index (χ0v) is 32.8. The molecule has 0 radical (unpaired) electrons. The monoisotopic (exact) mass is 778 g/mol. The molecule has 4 heterocycles. The van der Waals surface area contributed by atoms with Gasteiger partial charge in [0.25, 0.3) is 11.8 Å². The minimum absolute atomic E-state index is 0.0871. The first-order valence-electron chi connectivity index (χ1n) is 20.3. The third kappa shape index (κ3) is 10.2. The summed E-state index contributed by atoms with van der Waals surface area (Å²) in [6.07, 6.45) is 6.51. The molecular formula is C43H57F3N6O4. The van der Waals surface area contributed by atoms with E-state index >= 15 is 0 Å². The second-order valence-electron chi connectivity index (χ2n) is 17.3. The van der Waals surface area contributed by atoms with Gasteiger partial charge in [-0.05, 0) is 65.8 Å². The molecule has 2 N–H and O–H groups in total. The number of likely N-dealkylation sites (tertiary alicyclic amines) is 1. The van der Waals surface area contributed by atoms with E-state index in [1.54, 1.807) is 29.2 Å². The Balaban J connectivity index is 0.000000891. The Labute approximate surface area is 328 Å². The molecule has 3 aromatic rings. The molecule has 5 fully saturated rings. The smallest absolute Gasteiger partial charge is 0.257 e. The number of nitrogens with one attached hydrogen (secondary N) is 2. The van der Waals surface area contributed by atoms with Crippen molar-refractivity contribution in [1.82, 2.24) is 30.2 Å². The van der Waals surface area contributed by atoms with Crippen LogP contribution >= 0.6 is 0 Å². The minimum atomic E-state index is -2.66. The van der Waals surface area contributed by atoms with Gasteiger partial charge in [-0.2, -0.15) is 5.10 Å². The third-order valence-electron chi connectivity index (χ3n) is 12.4. The van der Waals surface area contributed by atoms with Crippen LogP contribution in [0, 0.1) is 22.6 Å². The first-order valence-corrected chi connectivity index (χ1v) is 20.3. The highest BCUT2D eigenvalue weighted by Crippen LogP contribution is 2.44. The summed E-state index contributed by atoms with van der Waals surface area (Å²) in [6.45, 7) is 12.5. The predicted octanol–water partition coefficient (Wildman–Crippen LogP) is 6.11. The van der Waals surface area contributed by atoms with Crippen LogP contribution in [0.4, 0.5) is 13.2 Å². The van der Waals surface area contributed by atoms with Gasteiger partial charge in [0.1, 0.15) is 5.82 Å². The van der Waals surface area contributed by atoms with Gasteiger partial charge < -0.3 is 25.0 Å². The highest BCUT2D eigenvalue weighted by atomic mass is 19.3. The van der Waals surface area contributed by atoms with Gasteiger partial charge in [-0.3, -0.25) is 19.2 Å². The van der Waals surface area contributed by atoms with Crippen LogP contribution in [-0.4, -0.2) is 109 Å². The number of ether oxygens (including phenoxy) is 2. The molecule has 1 unspecified atom stereocenters. The topological polar surface area (TPSA) is 101 Å². The number of rotatable bonds is 12. The molecule has 8 rings (SSSR count). The second kappa shape index (κ2) is 17.4. The van der Waals surface area contributed by atoms with Crippen LogP contribution in [0.25, 0.3) is 0 Å². The van der Waals surface area contributed by atoms with Crippen LogP contribution in [0.1, 0.15) is 95.7 Å². The maximum atomic E-state index is 14.1. The number of amides is 2. The lowest BCUT2D eigenvalue weighted by atomic mass is 9.73. The lowest BCUT2D eigenvalue weighted by Gasteiger charge is -2.43. The van der Waals surface area contributed by atoms with Crippen LogP contribution in [0.15, 0.2) is 54.9 Å². The third-order valence-corrected chi connectivity index (χ3v) is 12.4. The average molecular weight is 779 g/mol. The van der Waals surface area contributed by atoms with Gasteiger partial charge in [-0.25, -0.2) is 13.2 Å². The van der Waals surface area contributed by atoms with Crippen LogP contribution in [0.5, 0.6) is 0 Å². The number of morpholine rings is 1. The van der Waals surface area contributed by atoms with E-state index in [4.69, 9.17) is 9.47 Å². The summed E-state index contributed by atoms with van der Waals surface area (Å²) in [5, 5.41) is 10.8. The van der Waals surface area contributed by atoms with Gasteiger partial charge in [-0.15, -0.1) is 0 Å². The number of carbonyl (C=O) groups excluding carboxylic acids is 2. The van der Waals surface area contributed by atoms with Crippen molar-refractivity contribution >= 4 is 11.8 Å². The molecule has 13 heteroatoms. The molecule has 0 bridgehead atoms. The number of nitrogens with zero attached hydrogens (tertiary/aromatic N) is 4. The number of benzene rings is 2. The first kappa shape index (κ1) is 40.4. The molecule has 56 heavy (non-hydrogen) atoms. The van der Waals surface area contributed by atoms with E-state index < -0.39 is 5.92 Å². The fourth-order valence-corrected chi connectivity index (χ4v) is 8.29. The van der Waals surface area contributed by atoms with Crippen molar-refractivity contribution in [3.05, 3.63) is 88.5 Å². The van der Waals surface area contributed by atoms with E-state index in [1.165, 1.54) is 25.0 Å². The number of hydrogen-bond acceptors (Lipinski definition) is 7. The molecule has 2 aromatic carbocycles. The van der Waals surface area contributed by atoms with Crippen LogP contribution in [-0.2, 0) is 22.6 Å². The van der Waals surface area contributed by atoms with Gasteiger partial charge in [0.05, 0.1) is 44.7 Å². The standard InChI is InChI=1S/C38H47F3N6O4.C5H10/c39-32-6-4-27(5-7-32)19-47-20-30(18-44-47)36(49)46-21-31(37(26-46)24-42-25-37)23-51-22-29-2-1-3-33(28-8-10-38(40,41)11-9-28)34(29)35(48)43-12-13-45-14-16-50-17-15-45;1-5(2)3-4-5/h1-7,18,20,28,31,42H,8-17,19,21-26H2,(H,43,48);3-4H2,1-2H3. The van der Waals surface area contributed by atoms with E-state index in [9.17, 15) is 22.8 Å². The Morgan fingerprint density at radius 3 is 2.39 bits per heavy atom. The van der Waals surface area contributed by atoms with Crippen LogP contribution in [0.3, 0.4) is 0 Å². The van der Waals surface area contributed by atoms with E-state index in [2.05, 4.69) is 34.5 Å². The fourth-order valence-electron chi connectivity index (χ4n) is 8.29. The second-order valence-corrected chi connectivity index (χ2v) is 17.3. The summed E-state index contributed by atoms with van der Waals surface area (Å²) < 4.78 is 55.0. The number of aromatic nitrogens is 2. The summed E-state index contributed by atoms with van der Waals surface area (Å²) in [5.74, 6) is -3.28. The summed E-state index contributed by atoms with van der Waals surface area (Å²) in [6, 6.07) is 11.9. The van der Waals surface area contributed by atoms with Crippen molar-refractivity contribution in [3.63, 3.8) is 0 Å². The summed E-state index contributed by atoms with van der Waals surface area (Å²) >= 11 is 0. The molecule has 3 saturated heterocycles. The minimum Gasteiger partial charge on any atom is -0.379 e. The number of hydrogen-bond donors (Lipinski definition) is 2. The zero-order valence-electron chi connectivity index (χ0n) is 32.8. The maximum absolute atomic E-state index is 14.1. The lowest BCUT2D eigenvalue weighted by Crippen LogP contribution is -2.58. The maximum Gasteiger partial charge on any atom is 0.257 e. The zero-order chi connectivity index (χ0) is 39.3. The fraction of sp³-hybridized carbons (Fsp3) is 0.605. The van der Waals surface area contributed by atoms with Crippen LogP contribution < -0.4 is 10.6 Å². The quantitative estimate of drug-likeness (QED) is 0.229. The van der Waals surface area contributed by atoms with Crippen molar-refractivity contribution in [2.24, 2.45) is 16.7 Å². The van der Waals surface area contributed by atoms with Crippen molar-refractivity contribution in [3.8, 4) is 0 Å². The molecule has 10 nitrogen and oxygen atoms in total. The molecule has 5 aliphatic rings. The number of alkyl halides is 2. The molecule has 304 valence electrons. The Morgan fingerprint density at radius 2 is 1.73 bits per heavy atom. The molecular weight excluding hydrogens is 722 g/mol. The van der Waals surface area contributed by atoms with Crippen molar-refractivity contribution < 1.29 is 32.2 Å². The molecule has 1 atom stereocenters. The predicted molar refractivity (Wildman–Crippen MR) is 207 cm³/mol. The van der Waals surface area contributed by atoms with Gasteiger partial charge in [0.2, 0.25) is 5.92 Å². The van der Waals surface area contributed by atoms with Crippen LogP contribution in [0.2, 0.25) is 0 Å². The molecule has 1 spiro atoms. The van der Waals surface area contributed by atoms with Gasteiger partial charge in [-0.1, -0.05) is 44.2 Å². The van der Waals surface area contributed by atoms with E-state index in [0.29, 0.717) is 76.5 Å². The van der Waals surface area contributed by atoms with E-state index in [1.807, 2.05) is 23.1 Å². The largest absolute Gasteiger partial charge is 0.379 e. The van der Waals surface area contributed by atoms with Crippen molar-refractivity contribution in [1.29, 1.82) is 0 Å². The molecule has 3 aliphatic heterocycles. The molecule has 2 saturated carbocycles. The lowest BCUT2D eigenvalue weighted by molar-refractivity contribution is -0.0382. The first-order chi connectivity index (χ1) is 26.9. The van der Waals surface area contributed by atoms with E-state index in [-0.39, 0.29) is 54.3 Å².